The van der Waals surface area contributed by atoms with Gasteiger partial charge in [-0.15, -0.1) is 0 Å². The quantitative estimate of drug-likeness (QED) is 0.830. The Morgan fingerprint density at radius 3 is 2.63 bits per heavy atom. The molecule has 0 aliphatic heterocycles. The number of nitrogen functional groups attached to an aromatic ring is 1. The molecule has 0 saturated heterocycles. The Bertz CT molecular complexity index is 520. The fraction of sp³-hybridized carbons (Fsp3) is 0.312. The molecule has 2 rings (SSSR count). The van der Waals surface area contributed by atoms with Crippen LogP contribution in [0.15, 0.2) is 42.6 Å². The minimum atomic E-state index is 0.779. The summed E-state index contributed by atoms with van der Waals surface area (Å²) in [6.45, 7) is 3.24. The van der Waals surface area contributed by atoms with Crippen molar-refractivity contribution in [2.75, 3.05) is 24.2 Å². The molecule has 3 nitrogen and oxygen atoms in total. The largest absolute Gasteiger partial charge is 0.399 e. The van der Waals surface area contributed by atoms with Gasteiger partial charge >= 0.3 is 0 Å². The van der Waals surface area contributed by atoms with Crippen LogP contribution >= 0.6 is 0 Å². The van der Waals surface area contributed by atoms with Crippen LogP contribution in [0.25, 0.3) is 11.1 Å². The number of rotatable bonds is 5. The third kappa shape index (κ3) is 3.47. The maximum atomic E-state index is 5.80. The second-order valence-electron chi connectivity index (χ2n) is 4.81. The summed E-state index contributed by atoms with van der Waals surface area (Å²) in [5, 5.41) is 0. The molecule has 0 aliphatic carbocycles. The molecule has 0 saturated carbocycles. The normalized spacial score (nSPS) is 10.4. The van der Waals surface area contributed by atoms with Gasteiger partial charge in [-0.05, 0) is 36.2 Å². The first-order valence-corrected chi connectivity index (χ1v) is 6.74. The number of nitrogens with zero attached hydrogens (tertiary/aromatic N) is 2. The lowest BCUT2D eigenvalue weighted by Crippen LogP contribution is -2.19. The van der Waals surface area contributed by atoms with Gasteiger partial charge in [-0.25, -0.2) is 4.98 Å². The summed E-state index contributed by atoms with van der Waals surface area (Å²) in [6.07, 6.45) is 4.30. The van der Waals surface area contributed by atoms with Crippen LogP contribution in [0.2, 0.25) is 0 Å². The van der Waals surface area contributed by atoms with E-state index in [9.17, 15) is 0 Å². The van der Waals surface area contributed by atoms with Crippen molar-refractivity contribution in [3.63, 3.8) is 0 Å². The van der Waals surface area contributed by atoms with Crippen LogP contribution in [0.5, 0.6) is 0 Å². The first kappa shape index (κ1) is 13.4. The number of pyridine rings is 1. The molecule has 1 heterocycles. The Labute approximate surface area is 115 Å². The molecule has 0 amide bonds. The summed E-state index contributed by atoms with van der Waals surface area (Å²) >= 11 is 0. The van der Waals surface area contributed by atoms with Gasteiger partial charge in [0, 0.05) is 31.0 Å². The number of nitrogens with two attached hydrogens (primary N) is 1. The molecule has 2 aromatic rings. The van der Waals surface area contributed by atoms with Crippen LogP contribution in [0.3, 0.4) is 0 Å². The second kappa shape index (κ2) is 6.23. The smallest absolute Gasteiger partial charge is 0.128 e. The highest BCUT2D eigenvalue weighted by molar-refractivity contribution is 5.67. The summed E-state index contributed by atoms with van der Waals surface area (Å²) in [7, 11) is 2.08. The molecule has 1 aromatic carbocycles. The Balaban J connectivity index is 2.14. The van der Waals surface area contributed by atoms with Crippen LogP contribution in [0, 0.1) is 0 Å². The molecule has 0 unspecified atom stereocenters. The highest BCUT2D eigenvalue weighted by atomic mass is 15.2. The first-order chi connectivity index (χ1) is 9.20. The third-order valence-corrected chi connectivity index (χ3v) is 3.21. The van der Waals surface area contributed by atoms with Crippen LogP contribution < -0.4 is 10.6 Å². The fourth-order valence-corrected chi connectivity index (χ4v) is 2.01. The zero-order chi connectivity index (χ0) is 13.7. The average molecular weight is 255 g/mol. The van der Waals surface area contributed by atoms with Gasteiger partial charge in [0.15, 0.2) is 0 Å². The Morgan fingerprint density at radius 1 is 1.16 bits per heavy atom. The minimum absolute atomic E-state index is 0.779. The number of hydrogen-bond acceptors (Lipinski definition) is 3. The van der Waals surface area contributed by atoms with Crippen LogP contribution in [0.4, 0.5) is 11.5 Å². The van der Waals surface area contributed by atoms with Crippen molar-refractivity contribution in [3.05, 3.63) is 42.6 Å². The van der Waals surface area contributed by atoms with Gasteiger partial charge in [-0.2, -0.15) is 0 Å². The van der Waals surface area contributed by atoms with Crippen molar-refractivity contribution in [1.29, 1.82) is 0 Å². The van der Waals surface area contributed by atoms with Gasteiger partial charge in [-0.1, -0.05) is 25.5 Å². The van der Waals surface area contributed by atoms with E-state index >= 15 is 0 Å². The van der Waals surface area contributed by atoms with E-state index in [1.165, 1.54) is 12.8 Å². The van der Waals surface area contributed by atoms with Crippen molar-refractivity contribution in [3.8, 4) is 11.1 Å². The van der Waals surface area contributed by atoms with Gasteiger partial charge in [0.2, 0.25) is 0 Å². The zero-order valence-electron chi connectivity index (χ0n) is 11.6. The number of hydrogen-bond donors (Lipinski definition) is 1. The van der Waals surface area contributed by atoms with E-state index in [2.05, 4.69) is 36.0 Å². The van der Waals surface area contributed by atoms with Crippen molar-refractivity contribution in [2.45, 2.75) is 19.8 Å². The molecular weight excluding hydrogens is 234 g/mol. The Hall–Kier alpha value is -2.03. The molecule has 1 aromatic heterocycles. The Kier molecular flexibility index (Phi) is 4.39. The maximum absolute atomic E-state index is 5.80. The van der Waals surface area contributed by atoms with E-state index in [0.717, 1.165) is 29.2 Å². The topological polar surface area (TPSA) is 42.1 Å². The number of benzene rings is 1. The minimum Gasteiger partial charge on any atom is -0.399 e. The van der Waals surface area contributed by atoms with Crippen LogP contribution in [-0.4, -0.2) is 18.6 Å². The Morgan fingerprint density at radius 2 is 2.00 bits per heavy atom. The summed E-state index contributed by atoms with van der Waals surface area (Å²) in [5.74, 6) is 1.01. The molecule has 0 spiro atoms. The van der Waals surface area contributed by atoms with E-state index in [0.29, 0.717) is 0 Å². The third-order valence-electron chi connectivity index (χ3n) is 3.21. The molecule has 0 bridgehead atoms. The molecule has 0 atom stereocenters. The average Bonchev–Trinajstić information content (AvgIpc) is 2.45. The van der Waals surface area contributed by atoms with Crippen LogP contribution in [-0.2, 0) is 0 Å². The molecule has 100 valence electrons. The molecule has 19 heavy (non-hydrogen) atoms. The van der Waals surface area contributed by atoms with E-state index < -0.39 is 0 Å². The highest BCUT2D eigenvalue weighted by Gasteiger charge is 2.03. The lowest BCUT2D eigenvalue weighted by Gasteiger charge is -2.17. The molecular formula is C16H21N3. The number of unbranched alkanes of at least 4 members (excludes halogenated alkanes) is 1. The van der Waals surface area contributed by atoms with E-state index in [1.807, 2.05) is 30.5 Å². The monoisotopic (exact) mass is 255 g/mol. The van der Waals surface area contributed by atoms with Gasteiger partial charge in [-0.3, -0.25) is 0 Å². The molecule has 3 heteroatoms. The van der Waals surface area contributed by atoms with Crippen LogP contribution in [0.1, 0.15) is 19.8 Å². The second-order valence-corrected chi connectivity index (χ2v) is 4.81. The maximum Gasteiger partial charge on any atom is 0.128 e. The molecule has 0 fully saturated rings. The SMILES string of the molecule is CCCCN(C)c1ccc(-c2cccc(N)c2)cn1. The van der Waals surface area contributed by atoms with E-state index in [1.54, 1.807) is 0 Å². The summed E-state index contributed by atoms with van der Waals surface area (Å²) in [6, 6.07) is 12.0. The predicted molar refractivity (Wildman–Crippen MR) is 82.3 cm³/mol. The van der Waals surface area contributed by atoms with Crippen molar-refractivity contribution >= 4 is 11.5 Å². The van der Waals surface area contributed by atoms with E-state index in [-0.39, 0.29) is 0 Å². The lowest BCUT2D eigenvalue weighted by atomic mass is 10.1. The van der Waals surface area contributed by atoms with Gasteiger partial charge in [0.05, 0.1) is 0 Å². The molecule has 2 N–H and O–H groups in total. The number of aromatic nitrogens is 1. The lowest BCUT2D eigenvalue weighted by molar-refractivity contribution is 0.759. The molecule has 0 aliphatic rings. The number of anilines is 2. The summed E-state index contributed by atoms with van der Waals surface area (Å²) in [5.41, 5.74) is 8.78. The van der Waals surface area contributed by atoms with Gasteiger partial charge < -0.3 is 10.6 Å². The summed E-state index contributed by atoms with van der Waals surface area (Å²) in [4.78, 5) is 6.71. The zero-order valence-corrected chi connectivity index (χ0v) is 11.6. The van der Waals surface area contributed by atoms with E-state index in [4.69, 9.17) is 5.73 Å². The van der Waals surface area contributed by atoms with Gasteiger partial charge in [0.1, 0.15) is 5.82 Å². The summed E-state index contributed by atoms with van der Waals surface area (Å²) < 4.78 is 0. The predicted octanol–water partition coefficient (Wildman–Crippen LogP) is 3.57. The highest BCUT2D eigenvalue weighted by Crippen LogP contribution is 2.22. The van der Waals surface area contributed by atoms with Crippen molar-refractivity contribution in [1.82, 2.24) is 4.98 Å². The standard InChI is InChI=1S/C16H21N3/c1-3-4-10-19(2)16-9-8-14(12-18-16)13-6-5-7-15(17)11-13/h5-9,11-12H,3-4,10,17H2,1-2H3. The fourth-order valence-electron chi connectivity index (χ4n) is 2.01. The first-order valence-electron chi connectivity index (χ1n) is 6.74. The van der Waals surface area contributed by atoms with Crippen molar-refractivity contribution < 1.29 is 0 Å². The molecule has 0 radical (unpaired) electrons. The van der Waals surface area contributed by atoms with Gasteiger partial charge in [0.25, 0.3) is 0 Å². The van der Waals surface area contributed by atoms with Crippen molar-refractivity contribution in [2.24, 2.45) is 0 Å².